The van der Waals surface area contributed by atoms with Gasteiger partial charge in [-0.05, 0) is 42.8 Å². The molecule has 1 atom stereocenters. The molecule has 3 rings (SSSR count). The molecular weight excluding hydrogens is 382 g/mol. The van der Waals surface area contributed by atoms with E-state index in [-0.39, 0.29) is 11.2 Å². The van der Waals surface area contributed by atoms with E-state index in [0.717, 1.165) is 5.56 Å². The normalized spacial score (nSPS) is 12.0. The Morgan fingerprint density at radius 1 is 1.26 bits per heavy atom. The number of nitrogen functional groups attached to an aromatic ring is 1. The molecule has 1 aromatic heterocycles. The Labute approximate surface area is 167 Å². The summed E-state index contributed by atoms with van der Waals surface area (Å²) in [6.07, 6.45) is 0.657. The number of benzene rings is 2. The van der Waals surface area contributed by atoms with Crippen molar-refractivity contribution < 1.29 is 4.79 Å². The summed E-state index contributed by atoms with van der Waals surface area (Å²) in [4.78, 5) is 12.6. The number of hydrogen-bond acceptors (Lipinski definition) is 5. The second-order valence-corrected chi connectivity index (χ2v) is 7.61. The van der Waals surface area contributed by atoms with Gasteiger partial charge in [0.25, 0.3) is 0 Å². The molecule has 0 aliphatic rings. The van der Waals surface area contributed by atoms with Crippen molar-refractivity contribution in [2.45, 2.75) is 23.8 Å². The van der Waals surface area contributed by atoms with Crippen LogP contribution in [0.4, 0.5) is 11.4 Å². The van der Waals surface area contributed by atoms with Gasteiger partial charge in [0, 0.05) is 29.0 Å². The maximum Gasteiger partial charge on any atom is 0.237 e. The molecule has 1 heterocycles. The van der Waals surface area contributed by atoms with E-state index in [1.807, 2.05) is 42.8 Å². The molecule has 0 saturated carbocycles. The van der Waals surface area contributed by atoms with E-state index in [9.17, 15) is 4.79 Å². The summed E-state index contributed by atoms with van der Waals surface area (Å²) in [5, 5.41) is 12.4. The molecule has 0 fully saturated rings. The standard InChI is InChI=1S/C19H20ClN5OS/c1-3-16(18(26)22-15-9-7-13(20)8-10-15)27-19-24-23-17(25(19)2)12-5-4-6-14(21)11-12/h4-11,16H,3,21H2,1-2H3,(H,22,26). The molecule has 140 valence electrons. The summed E-state index contributed by atoms with van der Waals surface area (Å²) in [5.41, 5.74) is 8.11. The van der Waals surface area contributed by atoms with Crippen LogP contribution in [0.1, 0.15) is 13.3 Å². The first-order valence-electron chi connectivity index (χ1n) is 8.46. The molecule has 6 nitrogen and oxygen atoms in total. The summed E-state index contributed by atoms with van der Waals surface area (Å²) in [7, 11) is 1.88. The summed E-state index contributed by atoms with van der Waals surface area (Å²) < 4.78 is 1.87. The van der Waals surface area contributed by atoms with Crippen molar-refractivity contribution in [2.24, 2.45) is 7.05 Å². The molecule has 3 aromatic rings. The predicted octanol–water partition coefficient (Wildman–Crippen LogP) is 4.23. The molecule has 0 aliphatic heterocycles. The van der Waals surface area contributed by atoms with Crippen LogP contribution in [0, 0.1) is 0 Å². The van der Waals surface area contributed by atoms with Gasteiger partial charge in [0.15, 0.2) is 11.0 Å². The first-order valence-corrected chi connectivity index (χ1v) is 9.72. The number of thioether (sulfide) groups is 1. The Hall–Kier alpha value is -2.51. The van der Waals surface area contributed by atoms with E-state index in [1.165, 1.54) is 11.8 Å². The van der Waals surface area contributed by atoms with Crippen molar-refractivity contribution in [1.82, 2.24) is 14.8 Å². The van der Waals surface area contributed by atoms with Crippen LogP contribution >= 0.6 is 23.4 Å². The zero-order valence-corrected chi connectivity index (χ0v) is 16.6. The van der Waals surface area contributed by atoms with Crippen LogP contribution in [0.15, 0.2) is 53.7 Å². The van der Waals surface area contributed by atoms with Crippen molar-refractivity contribution in [3.05, 3.63) is 53.6 Å². The molecule has 27 heavy (non-hydrogen) atoms. The predicted molar refractivity (Wildman–Crippen MR) is 111 cm³/mol. The maximum atomic E-state index is 12.6. The van der Waals surface area contributed by atoms with Gasteiger partial charge in [-0.3, -0.25) is 4.79 Å². The largest absolute Gasteiger partial charge is 0.399 e. The molecule has 1 amide bonds. The third kappa shape index (κ3) is 4.61. The molecule has 1 unspecified atom stereocenters. The van der Waals surface area contributed by atoms with E-state index in [1.54, 1.807) is 24.3 Å². The fourth-order valence-corrected chi connectivity index (χ4v) is 3.60. The van der Waals surface area contributed by atoms with Gasteiger partial charge in [-0.25, -0.2) is 0 Å². The summed E-state index contributed by atoms with van der Waals surface area (Å²) in [6.45, 7) is 1.97. The second-order valence-electron chi connectivity index (χ2n) is 6.00. The van der Waals surface area contributed by atoms with Gasteiger partial charge in [0.2, 0.25) is 5.91 Å². The Bertz CT molecular complexity index is 942. The van der Waals surface area contributed by atoms with Gasteiger partial charge in [0.05, 0.1) is 5.25 Å². The van der Waals surface area contributed by atoms with Crippen molar-refractivity contribution in [3.63, 3.8) is 0 Å². The van der Waals surface area contributed by atoms with Crippen molar-refractivity contribution in [1.29, 1.82) is 0 Å². The van der Waals surface area contributed by atoms with Gasteiger partial charge in [0.1, 0.15) is 0 Å². The minimum absolute atomic E-state index is 0.0849. The van der Waals surface area contributed by atoms with Crippen molar-refractivity contribution >= 4 is 40.6 Å². The number of carbonyl (C=O) groups excluding carboxylic acids is 1. The molecule has 0 saturated heterocycles. The topological polar surface area (TPSA) is 85.8 Å². The summed E-state index contributed by atoms with van der Waals surface area (Å²) in [5.74, 6) is 0.621. The van der Waals surface area contributed by atoms with Gasteiger partial charge in [-0.1, -0.05) is 42.4 Å². The minimum atomic E-state index is -0.294. The quantitative estimate of drug-likeness (QED) is 0.477. The number of rotatable bonds is 6. The number of nitrogens with two attached hydrogens (primary N) is 1. The van der Waals surface area contributed by atoms with E-state index in [0.29, 0.717) is 33.8 Å². The zero-order chi connectivity index (χ0) is 19.4. The lowest BCUT2D eigenvalue weighted by atomic mass is 10.2. The van der Waals surface area contributed by atoms with Crippen LogP contribution in [0.2, 0.25) is 5.02 Å². The number of carbonyl (C=O) groups is 1. The highest BCUT2D eigenvalue weighted by Gasteiger charge is 2.22. The number of nitrogens with zero attached hydrogens (tertiary/aromatic N) is 3. The number of halogens is 1. The fraction of sp³-hybridized carbons (Fsp3) is 0.211. The molecule has 8 heteroatoms. The molecular formula is C19H20ClN5OS. The van der Waals surface area contributed by atoms with Crippen molar-refractivity contribution in [2.75, 3.05) is 11.1 Å². The fourth-order valence-electron chi connectivity index (χ4n) is 2.55. The summed E-state index contributed by atoms with van der Waals surface area (Å²) in [6, 6.07) is 14.5. The number of hydrogen-bond donors (Lipinski definition) is 2. The van der Waals surface area contributed by atoms with Gasteiger partial charge in [-0.2, -0.15) is 0 Å². The lowest BCUT2D eigenvalue weighted by molar-refractivity contribution is -0.115. The Morgan fingerprint density at radius 2 is 2.00 bits per heavy atom. The van der Waals surface area contributed by atoms with E-state index >= 15 is 0 Å². The van der Waals surface area contributed by atoms with Crippen LogP contribution in [0.3, 0.4) is 0 Å². The highest BCUT2D eigenvalue weighted by atomic mass is 35.5. The van der Waals surface area contributed by atoms with Crippen LogP contribution < -0.4 is 11.1 Å². The van der Waals surface area contributed by atoms with E-state index < -0.39 is 0 Å². The summed E-state index contributed by atoms with van der Waals surface area (Å²) >= 11 is 7.27. The Morgan fingerprint density at radius 3 is 2.67 bits per heavy atom. The molecule has 0 spiro atoms. The third-order valence-electron chi connectivity index (χ3n) is 4.00. The van der Waals surface area contributed by atoms with E-state index in [2.05, 4.69) is 15.5 Å². The average molecular weight is 402 g/mol. The Kier molecular flexibility index (Phi) is 6.03. The number of anilines is 2. The maximum absolute atomic E-state index is 12.6. The minimum Gasteiger partial charge on any atom is -0.399 e. The zero-order valence-electron chi connectivity index (χ0n) is 15.0. The molecule has 0 radical (unpaired) electrons. The van der Waals surface area contributed by atoms with Gasteiger partial charge < -0.3 is 15.6 Å². The number of nitrogens with one attached hydrogen (secondary N) is 1. The van der Waals surface area contributed by atoms with Crippen LogP contribution in [0.5, 0.6) is 0 Å². The van der Waals surface area contributed by atoms with Crippen LogP contribution in [-0.4, -0.2) is 25.9 Å². The highest BCUT2D eigenvalue weighted by molar-refractivity contribution is 8.00. The first kappa shape index (κ1) is 19.3. The van der Waals surface area contributed by atoms with E-state index in [4.69, 9.17) is 17.3 Å². The lowest BCUT2D eigenvalue weighted by Crippen LogP contribution is -2.25. The van der Waals surface area contributed by atoms with Crippen molar-refractivity contribution in [3.8, 4) is 11.4 Å². The highest BCUT2D eigenvalue weighted by Crippen LogP contribution is 2.28. The second kappa shape index (κ2) is 8.45. The number of aromatic nitrogens is 3. The molecule has 2 aromatic carbocycles. The monoisotopic (exact) mass is 401 g/mol. The van der Waals surface area contributed by atoms with Crippen LogP contribution in [0.25, 0.3) is 11.4 Å². The first-order chi connectivity index (χ1) is 13.0. The number of amides is 1. The SMILES string of the molecule is CCC(Sc1nnc(-c2cccc(N)c2)n1C)C(=O)Nc1ccc(Cl)cc1. The average Bonchev–Trinajstić information content (AvgIpc) is 3.02. The molecule has 0 aliphatic carbocycles. The third-order valence-corrected chi connectivity index (χ3v) is 5.65. The smallest absolute Gasteiger partial charge is 0.237 e. The Balaban J connectivity index is 1.74. The van der Waals surface area contributed by atoms with Gasteiger partial charge >= 0.3 is 0 Å². The van der Waals surface area contributed by atoms with Crippen LogP contribution in [-0.2, 0) is 11.8 Å². The lowest BCUT2D eigenvalue weighted by Gasteiger charge is -2.14. The molecule has 0 bridgehead atoms. The van der Waals surface area contributed by atoms with Gasteiger partial charge in [-0.15, -0.1) is 10.2 Å². The molecule has 3 N–H and O–H groups in total.